The predicted octanol–water partition coefficient (Wildman–Crippen LogP) is 2.44. The zero-order valence-corrected chi connectivity index (χ0v) is 11.1. The highest BCUT2D eigenvalue weighted by Gasteiger charge is 2.16. The zero-order chi connectivity index (χ0) is 13.0. The van der Waals surface area contributed by atoms with Crippen molar-refractivity contribution < 1.29 is 0 Å². The van der Waals surface area contributed by atoms with Gasteiger partial charge < -0.3 is 10.6 Å². The van der Waals surface area contributed by atoms with Gasteiger partial charge in [0.25, 0.3) is 0 Å². The highest BCUT2D eigenvalue weighted by Crippen LogP contribution is 2.21. The smallest absolute Gasteiger partial charge is 0.139 e. The number of nitrogens with zero attached hydrogens (tertiary/aromatic N) is 2. The maximum absolute atomic E-state index is 7.67. The molecule has 0 radical (unpaired) electrons. The van der Waals surface area contributed by atoms with Crippen molar-refractivity contribution in [1.29, 1.82) is 5.41 Å². The van der Waals surface area contributed by atoms with Crippen molar-refractivity contribution in [2.45, 2.75) is 39.0 Å². The van der Waals surface area contributed by atoms with E-state index in [9.17, 15) is 0 Å². The Morgan fingerprint density at radius 3 is 2.39 bits per heavy atom. The number of rotatable bonds is 2. The van der Waals surface area contributed by atoms with Gasteiger partial charge in [0.15, 0.2) is 0 Å². The Balaban J connectivity index is 2.28. The standard InChI is InChI=1S/C14H22N4/c1-11-7-8-12(13(15)16)14(17-11)18-9-5-3-2-4-6-10-18/h7-8H,2-6,9-10H2,1H3,(H3,15,16). The van der Waals surface area contributed by atoms with E-state index in [4.69, 9.17) is 11.1 Å². The Kier molecular flexibility index (Phi) is 4.18. The van der Waals surface area contributed by atoms with Crippen molar-refractivity contribution >= 4 is 11.7 Å². The molecule has 1 fully saturated rings. The normalized spacial score (nSPS) is 17.1. The van der Waals surface area contributed by atoms with Crippen LogP contribution in [0.3, 0.4) is 0 Å². The summed E-state index contributed by atoms with van der Waals surface area (Å²) in [7, 11) is 0. The molecule has 2 rings (SSSR count). The van der Waals surface area contributed by atoms with E-state index in [1.54, 1.807) is 0 Å². The second-order valence-electron chi connectivity index (χ2n) is 4.99. The molecule has 98 valence electrons. The summed E-state index contributed by atoms with van der Waals surface area (Å²) in [6.45, 7) is 4.03. The summed E-state index contributed by atoms with van der Waals surface area (Å²) in [5.41, 5.74) is 7.41. The van der Waals surface area contributed by atoms with Crippen LogP contribution < -0.4 is 10.6 Å². The van der Waals surface area contributed by atoms with Crippen molar-refractivity contribution in [1.82, 2.24) is 4.98 Å². The van der Waals surface area contributed by atoms with E-state index in [1.807, 2.05) is 19.1 Å². The summed E-state index contributed by atoms with van der Waals surface area (Å²) in [5, 5.41) is 7.67. The highest BCUT2D eigenvalue weighted by atomic mass is 15.2. The van der Waals surface area contributed by atoms with Gasteiger partial charge in [-0.1, -0.05) is 19.3 Å². The van der Waals surface area contributed by atoms with E-state index in [0.29, 0.717) is 0 Å². The predicted molar refractivity (Wildman–Crippen MR) is 75.3 cm³/mol. The molecule has 1 aromatic heterocycles. The molecule has 3 N–H and O–H groups in total. The third-order valence-corrected chi connectivity index (χ3v) is 3.46. The largest absolute Gasteiger partial charge is 0.384 e. The van der Waals surface area contributed by atoms with Gasteiger partial charge in [-0.3, -0.25) is 5.41 Å². The van der Waals surface area contributed by atoms with Crippen LogP contribution in [-0.4, -0.2) is 23.9 Å². The van der Waals surface area contributed by atoms with E-state index in [0.717, 1.165) is 30.2 Å². The summed E-state index contributed by atoms with van der Waals surface area (Å²) in [5.74, 6) is 1.00. The Morgan fingerprint density at radius 2 is 1.78 bits per heavy atom. The quantitative estimate of drug-likeness (QED) is 0.622. The average molecular weight is 246 g/mol. The van der Waals surface area contributed by atoms with Crippen LogP contribution in [0.25, 0.3) is 0 Å². The fraction of sp³-hybridized carbons (Fsp3) is 0.571. The van der Waals surface area contributed by atoms with Gasteiger partial charge in [-0.2, -0.15) is 0 Å². The highest BCUT2D eigenvalue weighted by molar-refractivity contribution is 5.99. The molecule has 0 aromatic carbocycles. The first-order chi connectivity index (χ1) is 8.68. The number of pyridine rings is 1. The van der Waals surface area contributed by atoms with E-state index in [2.05, 4.69) is 9.88 Å². The van der Waals surface area contributed by atoms with E-state index < -0.39 is 0 Å². The number of amidine groups is 1. The van der Waals surface area contributed by atoms with Gasteiger partial charge in [0.1, 0.15) is 11.7 Å². The number of nitrogen functional groups attached to an aromatic ring is 1. The fourth-order valence-electron chi connectivity index (χ4n) is 2.45. The minimum absolute atomic E-state index is 0.111. The number of anilines is 1. The Morgan fingerprint density at radius 1 is 1.17 bits per heavy atom. The number of hydrogen-bond donors (Lipinski definition) is 2. The molecule has 1 aliphatic rings. The van der Waals surface area contributed by atoms with Gasteiger partial charge in [-0.25, -0.2) is 4.98 Å². The maximum atomic E-state index is 7.67. The van der Waals surface area contributed by atoms with Gasteiger partial charge in [0.2, 0.25) is 0 Å². The fourth-order valence-corrected chi connectivity index (χ4v) is 2.45. The lowest BCUT2D eigenvalue weighted by molar-refractivity contribution is 0.553. The first-order valence-corrected chi connectivity index (χ1v) is 6.75. The molecule has 4 nitrogen and oxygen atoms in total. The molecule has 2 heterocycles. The monoisotopic (exact) mass is 246 g/mol. The molecule has 0 atom stereocenters. The molecule has 1 aliphatic heterocycles. The molecule has 0 aliphatic carbocycles. The van der Waals surface area contributed by atoms with Crippen LogP contribution in [0.1, 0.15) is 43.4 Å². The van der Waals surface area contributed by atoms with Crippen molar-refractivity contribution in [2.75, 3.05) is 18.0 Å². The third kappa shape index (κ3) is 3.00. The Bertz CT molecular complexity index is 420. The van der Waals surface area contributed by atoms with Crippen LogP contribution in [0.2, 0.25) is 0 Å². The molecular formula is C14H22N4. The van der Waals surface area contributed by atoms with Crippen molar-refractivity contribution in [3.63, 3.8) is 0 Å². The van der Waals surface area contributed by atoms with Crippen LogP contribution in [-0.2, 0) is 0 Å². The number of hydrogen-bond acceptors (Lipinski definition) is 3. The zero-order valence-electron chi connectivity index (χ0n) is 11.1. The van der Waals surface area contributed by atoms with Gasteiger partial charge in [-0.05, 0) is 31.9 Å². The van der Waals surface area contributed by atoms with Crippen LogP contribution in [0.4, 0.5) is 5.82 Å². The molecule has 18 heavy (non-hydrogen) atoms. The number of aromatic nitrogens is 1. The van der Waals surface area contributed by atoms with Gasteiger partial charge >= 0.3 is 0 Å². The van der Waals surface area contributed by atoms with Gasteiger partial charge in [-0.15, -0.1) is 0 Å². The molecule has 0 saturated carbocycles. The summed E-state index contributed by atoms with van der Waals surface area (Å²) in [6, 6.07) is 3.84. The van der Waals surface area contributed by atoms with E-state index in [-0.39, 0.29) is 5.84 Å². The molecule has 0 unspecified atom stereocenters. The van der Waals surface area contributed by atoms with Crippen molar-refractivity contribution in [3.05, 3.63) is 23.4 Å². The van der Waals surface area contributed by atoms with Crippen LogP contribution in [0.15, 0.2) is 12.1 Å². The number of aryl methyl sites for hydroxylation is 1. The average Bonchev–Trinajstić information content (AvgIpc) is 2.27. The molecule has 4 heteroatoms. The van der Waals surface area contributed by atoms with Crippen molar-refractivity contribution in [2.24, 2.45) is 5.73 Å². The molecule has 1 aromatic rings. The second-order valence-corrected chi connectivity index (χ2v) is 4.99. The number of nitrogens with one attached hydrogen (secondary N) is 1. The summed E-state index contributed by atoms with van der Waals surface area (Å²) < 4.78 is 0. The number of nitrogens with two attached hydrogens (primary N) is 1. The van der Waals surface area contributed by atoms with Crippen LogP contribution in [0, 0.1) is 12.3 Å². The van der Waals surface area contributed by atoms with Gasteiger partial charge in [0, 0.05) is 18.8 Å². The van der Waals surface area contributed by atoms with Crippen LogP contribution in [0.5, 0.6) is 0 Å². The Hall–Kier alpha value is -1.58. The summed E-state index contributed by atoms with van der Waals surface area (Å²) >= 11 is 0. The molecular weight excluding hydrogens is 224 g/mol. The van der Waals surface area contributed by atoms with Crippen LogP contribution >= 0.6 is 0 Å². The maximum Gasteiger partial charge on any atom is 0.139 e. The summed E-state index contributed by atoms with van der Waals surface area (Å²) in [4.78, 5) is 6.89. The molecule has 0 spiro atoms. The molecule has 0 bridgehead atoms. The first kappa shape index (κ1) is 12.9. The van der Waals surface area contributed by atoms with Crippen molar-refractivity contribution in [3.8, 4) is 0 Å². The molecule has 1 saturated heterocycles. The minimum atomic E-state index is 0.111. The third-order valence-electron chi connectivity index (χ3n) is 3.46. The van der Waals surface area contributed by atoms with Gasteiger partial charge in [0.05, 0.1) is 5.56 Å². The first-order valence-electron chi connectivity index (χ1n) is 6.75. The SMILES string of the molecule is Cc1ccc(C(=N)N)c(N2CCCCCCC2)n1. The second kappa shape index (κ2) is 5.85. The van der Waals surface area contributed by atoms with E-state index in [1.165, 1.54) is 32.1 Å². The summed E-state index contributed by atoms with van der Waals surface area (Å²) in [6.07, 6.45) is 6.32. The lowest BCUT2D eigenvalue weighted by Crippen LogP contribution is -2.30. The topological polar surface area (TPSA) is 66.0 Å². The van der Waals surface area contributed by atoms with E-state index >= 15 is 0 Å². The molecule has 0 amide bonds. The Labute approximate surface area is 109 Å². The lowest BCUT2D eigenvalue weighted by atomic mass is 10.1. The lowest BCUT2D eigenvalue weighted by Gasteiger charge is -2.27. The minimum Gasteiger partial charge on any atom is -0.384 e.